The molecule has 0 radical (unpaired) electrons. The molecule has 1 atom stereocenters. The molecule has 2 aromatic carbocycles. The topological polar surface area (TPSA) is 87.7 Å². The summed E-state index contributed by atoms with van der Waals surface area (Å²) in [6.07, 6.45) is 4.25. The monoisotopic (exact) mass is 521 g/mol. The molecule has 2 aromatic rings. The summed E-state index contributed by atoms with van der Waals surface area (Å²) in [4.78, 5) is 40.0. The fourth-order valence-corrected chi connectivity index (χ4v) is 4.63. The van der Waals surface area contributed by atoms with Crippen LogP contribution in [-0.2, 0) is 27.4 Å². The first-order chi connectivity index (χ1) is 18.2. The lowest BCUT2D eigenvalue weighted by Gasteiger charge is -2.34. The van der Waals surface area contributed by atoms with E-state index in [0.29, 0.717) is 38.4 Å². The Morgan fingerprint density at radius 3 is 2.13 bits per heavy atom. The van der Waals surface area contributed by atoms with E-state index in [4.69, 9.17) is 4.74 Å². The summed E-state index contributed by atoms with van der Waals surface area (Å²) in [6.45, 7) is 7.71. The Labute approximate surface area is 227 Å². The lowest BCUT2D eigenvalue weighted by molar-refractivity contribution is -0.135. The predicted octanol–water partition coefficient (Wildman–Crippen LogP) is 5.10. The molecule has 0 saturated carbocycles. The van der Waals surface area contributed by atoms with Gasteiger partial charge < -0.3 is 20.3 Å². The quantitative estimate of drug-likeness (QED) is 0.403. The Hall–Kier alpha value is -3.35. The van der Waals surface area contributed by atoms with Crippen LogP contribution in [0.3, 0.4) is 0 Å². The molecule has 0 aliphatic carbocycles. The highest BCUT2D eigenvalue weighted by atomic mass is 16.5. The summed E-state index contributed by atoms with van der Waals surface area (Å²) in [5.74, 6) is 0.500. The van der Waals surface area contributed by atoms with E-state index in [1.165, 1.54) is 5.56 Å². The highest BCUT2D eigenvalue weighted by Gasteiger charge is 2.29. The number of hydrogen-bond donors (Lipinski definition) is 2. The van der Waals surface area contributed by atoms with Gasteiger partial charge in [0.25, 0.3) is 0 Å². The number of nitrogens with one attached hydrogen (secondary N) is 2. The van der Waals surface area contributed by atoms with Gasteiger partial charge >= 0.3 is 6.09 Å². The van der Waals surface area contributed by atoms with Crippen LogP contribution < -0.4 is 10.6 Å². The Bertz CT molecular complexity index is 1010. The van der Waals surface area contributed by atoms with Crippen molar-refractivity contribution in [3.05, 3.63) is 71.8 Å². The number of rotatable bonds is 11. The summed E-state index contributed by atoms with van der Waals surface area (Å²) < 4.78 is 5.40. The molecule has 2 N–H and O–H groups in total. The zero-order valence-electron chi connectivity index (χ0n) is 23.1. The summed E-state index contributed by atoms with van der Waals surface area (Å²) in [5, 5.41) is 5.77. The maximum Gasteiger partial charge on any atom is 0.408 e. The van der Waals surface area contributed by atoms with Crippen molar-refractivity contribution in [3.63, 3.8) is 0 Å². The van der Waals surface area contributed by atoms with Gasteiger partial charge in [-0.25, -0.2) is 4.79 Å². The molecular formula is C31H43N3O4. The van der Waals surface area contributed by atoms with Gasteiger partial charge in [-0.1, -0.05) is 81.4 Å². The van der Waals surface area contributed by atoms with Gasteiger partial charge in [-0.3, -0.25) is 9.59 Å². The van der Waals surface area contributed by atoms with Gasteiger partial charge in [-0.2, -0.15) is 0 Å². The number of alkyl carbamates (subject to hydrolysis) is 1. The second kappa shape index (κ2) is 14.6. The Balaban J connectivity index is 1.51. The van der Waals surface area contributed by atoms with Gasteiger partial charge in [0.15, 0.2) is 0 Å². The van der Waals surface area contributed by atoms with E-state index in [1.807, 2.05) is 62.1 Å². The van der Waals surface area contributed by atoms with Gasteiger partial charge in [0, 0.05) is 25.0 Å². The van der Waals surface area contributed by atoms with Crippen LogP contribution in [0.4, 0.5) is 4.79 Å². The van der Waals surface area contributed by atoms with Crippen molar-refractivity contribution in [1.29, 1.82) is 0 Å². The van der Waals surface area contributed by atoms with E-state index >= 15 is 0 Å². The summed E-state index contributed by atoms with van der Waals surface area (Å²) >= 11 is 0. The van der Waals surface area contributed by atoms with Crippen LogP contribution >= 0.6 is 0 Å². The first-order valence-corrected chi connectivity index (χ1v) is 13.8. The highest BCUT2D eigenvalue weighted by molar-refractivity contribution is 5.85. The van der Waals surface area contributed by atoms with Gasteiger partial charge in [-0.15, -0.1) is 0 Å². The number of unbranched alkanes of at least 4 members (excludes halogenated alkanes) is 1. The maximum atomic E-state index is 13.5. The van der Waals surface area contributed by atoms with Crippen molar-refractivity contribution in [2.24, 2.45) is 11.3 Å². The minimum Gasteiger partial charge on any atom is -0.445 e. The van der Waals surface area contributed by atoms with Gasteiger partial charge in [0.1, 0.15) is 12.6 Å². The summed E-state index contributed by atoms with van der Waals surface area (Å²) in [7, 11) is 0. The fourth-order valence-electron chi connectivity index (χ4n) is 4.63. The van der Waals surface area contributed by atoms with Crippen molar-refractivity contribution in [2.75, 3.05) is 19.6 Å². The molecule has 0 bridgehead atoms. The fraction of sp³-hybridized carbons (Fsp3) is 0.516. The molecule has 1 saturated heterocycles. The van der Waals surface area contributed by atoms with Crippen LogP contribution in [0.25, 0.3) is 0 Å². The number of benzene rings is 2. The molecule has 0 spiro atoms. The zero-order valence-corrected chi connectivity index (χ0v) is 23.1. The normalized spacial score (nSPS) is 15.0. The van der Waals surface area contributed by atoms with Crippen molar-refractivity contribution < 1.29 is 19.1 Å². The van der Waals surface area contributed by atoms with E-state index in [9.17, 15) is 14.4 Å². The third kappa shape index (κ3) is 9.84. The Kier molecular flexibility index (Phi) is 11.2. The molecule has 1 aliphatic rings. The molecule has 1 fully saturated rings. The van der Waals surface area contributed by atoms with Crippen LogP contribution in [0, 0.1) is 11.3 Å². The van der Waals surface area contributed by atoms with Gasteiger partial charge in [-0.05, 0) is 55.6 Å². The van der Waals surface area contributed by atoms with E-state index in [-0.39, 0.29) is 18.4 Å². The lowest BCUT2D eigenvalue weighted by atomic mass is 9.90. The Morgan fingerprint density at radius 2 is 1.53 bits per heavy atom. The van der Waals surface area contributed by atoms with Crippen LogP contribution in [0.1, 0.15) is 64.0 Å². The molecule has 38 heavy (non-hydrogen) atoms. The third-order valence-corrected chi connectivity index (χ3v) is 6.98. The molecule has 7 nitrogen and oxygen atoms in total. The standard InChI is InChI=1S/C31H43N3O4/c1-31(2,3)29(36)32-19-11-10-16-27(33-30(37)38-23-26-14-8-5-9-15-26)28(35)34-20-17-25(18-21-34)22-24-12-6-4-7-13-24/h4-9,12-15,25,27H,10-11,16-23H2,1-3H3,(H,32,36)(H,33,37)/t27-/m1/s1. The van der Waals surface area contributed by atoms with E-state index in [2.05, 4.69) is 34.9 Å². The number of piperidine rings is 1. The van der Waals surface area contributed by atoms with Crippen molar-refractivity contribution in [3.8, 4) is 0 Å². The number of amides is 3. The number of nitrogens with zero attached hydrogens (tertiary/aromatic N) is 1. The zero-order chi connectivity index (χ0) is 27.4. The maximum absolute atomic E-state index is 13.5. The average molecular weight is 522 g/mol. The minimum absolute atomic E-state index is 0.00566. The average Bonchev–Trinajstić information content (AvgIpc) is 2.91. The first kappa shape index (κ1) is 29.2. The van der Waals surface area contributed by atoms with Crippen LogP contribution in [0.15, 0.2) is 60.7 Å². The predicted molar refractivity (Wildman–Crippen MR) is 149 cm³/mol. The van der Waals surface area contributed by atoms with Gasteiger partial charge in [0.05, 0.1) is 0 Å². The molecular weight excluding hydrogens is 478 g/mol. The summed E-state index contributed by atoms with van der Waals surface area (Å²) in [6, 6.07) is 19.3. The number of ether oxygens (including phenoxy) is 1. The number of hydrogen-bond acceptors (Lipinski definition) is 4. The van der Waals surface area contributed by atoms with E-state index in [0.717, 1.165) is 31.2 Å². The van der Waals surface area contributed by atoms with Crippen molar-refractivity contribution in [1.82, 2.24) is 15.5 Å². The molecule has 206 valence electrons. The number of carbonyl (C=O) groups is 3. The Morgan fingerprint density at radius 1 is 0.921 bits per heavy atom. The van der Waals surface area contributed by atoms with Crippen LogP contribution in [0.5, 0.6) is 0 Å². The minimum atomic E-state index is -0.651. The highest BCUT2D eigenvalue weighted by Crippen LogP contribution is 2.23. The molecule has 1 heterocycles. The molecule has 7 heteroatoms. The lowest BCUT2D eigenvalue weighted by Crippen LogP contribution is -2.51. The van der Waals surface area contributed by atoms with E-state index in [1.54, 1.807) is 0 Å². The molecule has 0 unspecified atom stereocenters. The van der Waals surface area contributed by atoms with Crippen molar-refractivity contribution >= 4 is 17.9 Å². The van der Waals surface area contributed by atoms with Crippen LogP contribution in [-0.4, -0.2) is 48.5 Å². The summed E-state index contributed by atoms with van der Waals surface area (Å²) in [5.41, 5.74) is 1.78. The van der Waals surface area contributed by atoms with Gasteiger partial charge in [0.2, 0.25) is 11.8 Å². The second-order valence-corrected chi connectivity index (χ2v) is 11.2. The smallest absolute Gasteiger partial charge is 0.408 e. The second-order valence-electron chi connectivity index (χ2n) is 11.2. The molecule has 3 amide bonds. The SMILES string of the molecule is CC(C)(C)C(=O)NCCCC[C@@H](NC(=O)OCc1ccccc1)C(=O)N1CCC(Cc2ccccc2)CC1. The van der Waals surface area contributed by atoms with Crippen molar-refractivity contribution in [2.45, 2.75) is 71.9 Å². The number of likely N-dealkylation sites (tertiary alicyclic amines) is 1. The van der Waals surface area contributed by atoms with E-state index < -0.39 is 17.6 Å². The first-order valence-electron chi connectivity index (χ1n) is 13.8. The molecule has 0 aromatic heterocycles. The molecule has 3 rings (SSSR count). The largest absolute Gasteiger partial charge is 0.445 e. The number of carbonyl (C=O) groups excluding carboxylic acids is 3. The third-order valence-electron chi connectivity index (χ3n) is 6.98. The van der Waals surface area contributed by atoms with Crippen LogP contribution in [0.2, 0.25) is 0 Å². The molecule has 1 aliphatic heterocycles.